The number of hydrogen-bond donors (Lipinski definition) is 0. The van der Waals surface area contributed by atoms with Crippen LogP contribution in [0.1, 0.15) is 57.9 Å². The van der Waals surface area contributed by atoms with Crippen LogP contribution in [0.3, 0.4) is 0 Å². The highest BCUT2D eigenvalue weighted by atomic mass is 16.1. The Morgan fingerprint density at radius 1 is 0.688 bits per heavy atom. The van der Waals surface area contributed by atoms with Crippen LogP contribution in [0.5, 0.6) is 0 Å². The van der Waals surface area contributed by atoms with Crippen LogP contribution >= 0.6 is 0 Å². The van der Waals surface area contributed by atoms with Crippen molar-refractivity contribution in [3.05, 3.63) is 108 Å². The lowest BCUT2D eigenvalue weighted by Gasteiger charge is -2.34. The highest BCUT2D eigenvalue weighted by Gasteiger charge is 2.34. The van der Waals surface area contributed by atoms with E-state index in [-0.39, 0.29) is 23.4 Å². The molecule has 1 saturated heterocycles. The molecule has 0 aromatic heterocycles. The monoisotopic (exact) mass is 425 g/mol. The molecule has 32 heavy (non-hydrogen) atoms. The normalized spacial score (nSPS) is 16.2. The minimum absolute atomic E-state index is 0.0870. The molecular weight excluding hydrogens is 394 g/mol. The van der Waals surface area contributed by atoms with E-state index < -0.39 is 0 Å². The molecule has 0 bridgehead atoms. The van der Waals surface area contributed by atoms with Gasteiger partial charge in [0.05, 0.1) is 0 Å². The lowest BCUT2D eigenvalue weighted by atomic mass is 9.77. The molecule has 4 rings (SSSR count). The van der Waals surface area contributed by atoms with Crippen molar-refractivity contribution in [2.75, 3.05) is 19.6 Å². The van der Waals surface area contributed by atoms with Gasteiger partial charge in [0.15, 0.2) is 11.6 Å². The SMILES string of the molecule is O=C(CC(c1ccccc1)C(CN1CCCCC1)C(=O)c1ccccc1)c1ccccc1. The molecule has 2 unspecified atom stereocenters. The average molecular weight is 426 g/mol. The summed E-state index contributed by atoms with van der Waals surface area (Å²) < 4.78 is 0. The van der Waals surface area contributed by atoms with E-state index in [1.807, 2.05) is 78.9 Å². The number of Topliss-reactive ketones (excluding diaryl/α,β-unsaturated/α-hetero) is 2. The molecule has 164 valence electrons. The highest BCUT2D eigenvalue weighted by Crippen LogP contribution is 2.33. The van der Waals surface area contributed by atoms with Gasteiger partial charge in [0, 0.05) is 35.9 Å². The highest BCUT2D eigenvalue weighted by molar-refractivity contribution is 6.00. The van der Waals surface area contributed by atoms with Crippen LogP contribution in [0.4, 0.5) is 0 Å². The Bertz CT molecular complexity index is 995. The van der Waals surface area contributed by atoms with Crippen LogP contribution < -0.4 is 0 Å². The average Bonchev–Trinajstić information content (AvgIpc) is 2.88. The topological polar surface area (TPSA) is 37.4 Å². The second kappa shape index (κ2) is 11.0. The number of nitrogens with zero attached hydrogens (tertiary/aromatic N) is 1. The zero-order valence-corrected chi connectivity index (χ0v) is 18.5. The lowest BCUT2D eigenvalue weighted by molar-refractivity contribution is 0.0815. The first-order chi connectivity index (χ1) is 15.7. The Labute approximate surface area is 191 Å². The number of rotatable bonds is 9. The summed E-state index contributed by atoms with van der Waals surface area (Å²) in [5.74, 6) is -0.223. The Morgan fingerprint density at radius 2 is 1.22 bits per heavy atom. The van der Waals surface area contributed by atoms with Gasteiger partial charge in [-0.1, -0.05) is 97.4 Å². The van der Waals surface area contributed by atoms with E-state index in [4.69, 9.17) is 0 Å². The molecule has 3 nitrogen and oxygen atoms in total. The van der Waals surface area contributed by atoms with Crippen molar-refractivity contribution in [1.29, 1.82) is 0 Å². The number of hydrogen-bond acceptors (Lipinski definition) is 3. The maximum absolute atomic E-state index is 13.8. The van der Waals surface area contributed by atoms with Crippen LogP contribution in [0.2, 0.25) is 0 Å². The Hall–Kier alpha value is -3.04. The van der Waals surface area contributed by atoms with Crippen molar-refractivity contribution in [1.82, 2.24) is 4.90 Å². The lowest BCUT2D eigenvalue weighted by Crippen LogP contribution is -2.39. The van der Waals surface area contributed by atoms with Crippen molar-refractivity contribution in [2.24, 2.45) is 5.92 Å². The van der Waals surface area contributed by atoms with Gasteiger partial charge < -0.3 is 4.90 Å². The predicted molar refractivity (Wildman–Crippen MR) is 129 cm³/mol. The number of carbonyl (C=O) groups is 2. The molecule has 1 aliphatic heterocycles. The summed E-state index contributed by atoms with van der Waals surface area (Å²) in [7, 11) is 0. The van der Waals surface area contributed by atoms with Crippen LogP contribution in [0.15, 0.2) is 91.0 Å². The molecule has 1 heterocycles. The van der Waals surface area contributed by atoms with E-state index in [0.29, 0.717) is 18.5 Å². The molecule has 0 spiro atoms. The molecule has 0 N–H and O–H groups in total. The number of ketones is 2. The predicted octanol–water partition coefficient (Wildman–Crippen LogP) is 6.03. The molecule has 0 amide bonds. The number of likely N-dealkylation sites (tertiary alicyclic amines) is 1. The summed E-state index contributed by atoms with van der Waals surface area (Å²) in [5.41, 5.74) is 2.49. The second-order valence-corrected chi connectivity index (χ2v) is 8.71. The molecule has 1 aliphatic rings. The number of piperidine rings is 1. The van der Waals surface area contributed by atoms with E-state index in [1.54, 1.807) is 0 Å². The molecular formula is C29H31NO2. The van der Waals surface area contributed by atoms with Crippen molar-refractivity contribution in [3.63, 3.8) is 0 Å². The van der Waals surface area contributed by atoms with Gasteiger partial charge in [-0.3, -0.25) is 9.59 Å². The van der Waals surface area contributed by atoms with Crippen molar-refractivity contribution < 1.29 is 9.59 Å². The first-order valence-corrected chi connectivity index (χ1v) is 11.7. The first kappa shape index (κ1) is 22.2. The Morgan fingerprint density at radius 3 is 1.81 bits per heavy atom. The molecule has 3 heteroatoms. The van der Waals surface area contributed by atoms with Gasteiger partial charge in [-0.15, -0.1) is 0 Å². The third kappa shape index (κ3) is 5.60. The van der Waals surface area contributed by atoms with Crippen molar-refractivity contribution >= 4 is 11.6 Å². The van der Waals surface area contributed by atoms with Gasteiger partial charge in [-0.2, -0.15) is 0 Å². The van der Waals surface area contributed by atoms with E-state index in [2.05, 4.69) is 17.0 Å². The second-order valence-electron chi connectivity index (χ2n) is 8.71. The van der Waals surface area contributed by atoms with Crippen LogP contribution in [-0.2, 0) is 0 Å². The first-order valence-electron chi connectivity index (χ1n) is 11.7. The quantitative estimate of drug-likeness (QED) is 0.393. The Kier molecular flexibility index (Phi) is 7.63. The summed E-state index contributed by atoms with van der Waals surface area (Å²) in [4.78, 5) is 29.5. The third-order valence-electron chi connectivity index (χ3n) is 6.51. The van der Waals surface area contributed by atoms with E-state index >= 15 is 0 Å². The summed E-state index contributed by atoms with van der Waals surface area (Å²) in [6.45, 7) is 2.73. The van der Waals surface area contributed by atoms with Crippen molar-refractivity contribution in [2.45, 2.75) is 31.6 Å². The van der Waals surface area contributed by atoms with Crippen LogP contribution in [0.25, 0.3) is 0 Å². The van der Waals surface area contributed by atoms with Gasteiger partial charge in [-0.25, -0.2) is 0 Å². The van der Waals surface area contributed by atoms with E-state index in [0.717, 1.165) is 24.2 Å². The zero-order valence-electron chi connectivity index (χ0n) is 18.5. The fraction of sp³-hybridized carbons (Fsp3) is 0.310. The summed E-state index contributed by atoms with van der Waals surface area (Å²) >= 11 is 0. The zero-order chi connectivity index (χ0) is 22.2. The molecule has 0 saturated carbocycles. The van der Waals surface area contributed by atoms with Crippen molar-refractivity contribution in [3.8, 4) is 0 Å². The molecule has 0 radical (unpaired) electrons. The molecule has 2 atom stereocenters. The largest absolute Gasteiger partial charge is 0.303 e. The molecule has 1 fully saturated rings. The van der Waals surface area contributed by atoms with E-state index in [9.17, 15) is 9.59 Å². The maximum Gasteiger partial charge on any atom is 0.167 e. The van der Waals surface area contributed by atoms with Gasteiger partial charge >= 0.3 is 0 Å². The minimum Gasteiger partial charge on any atom is -0.303 e. The van der Waals surface area contributed by atoms with E-state index in [1.165, 1.54) is 19.3 Å². The van der Waals surface area contributed by atoms with Crippen LogP contribution in [0, 0.1) is 5.92 Å². The summed E-state index contributed by atoms with van der Waals surface area (Å²) in [5, 5.41) is 0. The minimum atomic E-state index is -0.273. The molecule has 0 aliphatic carbocycles. The fourth-order valence-corrected chi connectivity index (χ4v) is 4.76. The smallest absolute Gasteiger partial charge is 0.167 e. The van der Waals surface area contributed by atoms with Gasteiger partial charge in [0.25, 0.3) is 0 Å². The van der Waals surface area contributed by atoms with Crippen LogP contribution in [-0.4, -0.2) is 36.1 Å². The van der Waals surface area contributed by atoms with Gasteiger partial charge in [-0.05, 0) is 31.5 Å². The fourth-order valence-electron chi connectivity index (χ4n) is 4.76. The summed E-state index contributed by atoms with van der Waals surface area (Å²) in [6, 6.07) is 29.1. The third-order valence-corrected chi connectivity index (χ3v) is 6.51. The number of benzene rings is 3. The maximum atomic E-state index is 13.8. The molecule has 3 aromatic carbocycles. The summed E-state index contributed by atoms with van der Waals surface area (Å²) in [6.07, 6.45) is 3.92. The Balaban J connectivity index is 1.69. The number of carbonyl (C=O) groups excluding carboxylic acids is 2. The molecule has 3 aromatic rings. The van der Waals surface area contributed by atoms with Gasteiger partial charge in [0.1, 0.15) is 0 Å². The standard InChI is InChI=1S/C29H31NO2/c31-28(24-15-7-2-8-16-24)21-26(23-13-5-1-6-14-23)27(22-30-19-11-4-12-20-30)29(32)25-17-9-3-10-18-25/h1-3,5-10,13-18,26-27H,4,11-12,19-22H2. The van der Waals surface area contributed by atoms with Gasteiger partial charge in [0.2, 0.25) is 0 Å².